The average molecular weight is 374 g/mol. The zero-order valence-electron chi connectivity index (χ0n) is 14.5. The fourth-order valence-corrected chi connectivity index (χ4v) is 2.29. The third-order valence-electron chi connectivity index (χ3n) is 3.68. The molecule has 0 spiro atoms. The van der Waals surface area contributed by atoms with Gasteiger partial charge in [-0.05, 0) is 24.3 Å². The van der Waals surface area contributed by atoms with E-state index in [1.807, 2.05) is 5.32 Å². The van der Waals surface area contributed by atoms with Gasteiger partial charge in [-0.15, -0.1) is 0 Å². The molecule has 0 saturated carbocycles. The number of benzene rings is 2. The molecule has 1 amide bonds. The molecule has 0 aliphatic carbocycles. The van der Waals surface area contributed by atoms with Crippen molar-refractivity contribution in [3.63, 3.8) is 0 Å². The normalized spacial score (nSPS) is 10.2. The molecule has 2 rings (SSSR count). The highest BCUT2D eigenvalue weighted by Gasteiger charge is 2.07. The van der Waals surface area contributed by atoms with Crippen LogP contribution in [0.25, 0.3) is 0 Å². The molecule has 27 heavy (non-hydrogen) atoms. The number of amides is 1. The summed E-state index contributed by atoms with van der Waals surface area (Å²) in [4.78, 5) is 32.0. The number of hydrogen-bond acceptors (Lipinski definition) is 6. The van der Waals surface area contributed by atoms with Gasteiger partial charge in [0.25, 0.3) is 17.3 Å². The van der Waals surface area contributed by atoms with Crippen LogP contribution < -0.4 is 16.0 Å². The molecule has 10 nitrogen and oxygen atoms in total. The van der Waals surface area contributed by atoms with Crippen molar-refractivity contribution in [2.45, 2.75) is 6.42 Å². The van der Waals surface area contributed by atoms with Crippen molar-refractivity contribution in [2.24, 2.45) is 0 Å². The Hall–Kier alpha value is -3.53. The molecule has 10 heteroatoms. The van der Waals surface area contributed by atoms with Crippen LogP contribution in [-0.4, -0.2) is 35.4 Å². The summed E-state index contributed by atoms with van der Waals surface area (Å²) in [6.45, 7) is 1.65. The summed E-state index contributed by atoms with van der Waals surface area (Å²) in [6, 6.07) is 11.8. The van der Waals surface area contributed by atoms with Crippen molar-refractivity contribution in [3.8, 4) is 0 Å². The van der Waals surface area contributed by atoms with E-state index < -0.39 is 9.85 Å². The highest BCUT2D eigenvalue weighted by molar-refractivity contribution is 5.91. The lowest BCUT2D eigenvalue weighted by Crippen LogP contribution is -2.86. The monoisotopic (exact) mass is 374 g/mol. The second kappa shape index (κ2) is 9.82. The Morgan fingerprint density at radius 2 is 1.41 bits per heavy atom. The summed E-state index contributed by atoms with van der Waals surface area (Å²) in [5.41, 5.74) is 1.34. The topological polar surface area (TPSA) is 144 Å². The van der Waals surface area contributed by atoms with Crippen LogP contribution in [0.5, 0.6) is 0 Å². The van der Waals surface area contributed by atoms with Crippen molar-refractivity contribution in [2.75, 3.05) is 30.3 Å². The average Bonchev–Trinajstić information content (AvgIpc) is 2.65. The summed E-state index contributed by atoms with van der Waals surface area (Å²) >= 11 is 0. The predicted octanol–water partition coefficient (Wildman–Crippen LogP) is 1.51. The number of nitro groups is 2. The van der Waals surface area contributed by atoms with E-state index in [9.17, 15) is 25.0 Å². The van der Waals surface area contributed by atoms with Gasteiger partial charge in [-0.25, -0.2) is 0 Å². The van der Waals surface area contributed by atoms with E-state index >= 15 is 0 Å². The Kier molecular flexibility index (Phi) is 7.20. The van der Waals surface area contributed by atoms with Crippen LogP contribution in [0.1, 0.15) is 6.42 Å². The van der Waals surface area contributed by atoms with Crippen LogP contribution in [0.2, 0.25) is 0 Å². The van der Waals surface area contributed by atoms with E-state index in [0.29, 0.717) is 12.2 Å². The number of nitro benzene ring substituents is 2. The first-order valence-electron chi connectivity index (χ1n) is 8.30. The highest BCUT2D eigenvalue weighted by atomic mass is 16.6. The summed E-state index contributed by atoms with van der Waals surface area (Å²) in [7, 11) is 0. The summed E-state index contributed by atoms with van der Waals surface area (Å²) in [5, 5.41) is 28.8. The molecular formula is C17H20N5O5+. The second-order valence-corrected chi connectivity index (χ2v) is 5.72. The van der Waals surface area contributed by atoms with E-state index in [-0.39, 0.29) is 23.8 Å². The zero-order chi connectivity index (χ0) is 19.6. The van der Waals surface area contributed by atoms with Gasteiger partial charge in [0.05, 0.1) is 16.4 Å². The predicted molar refractivity (Wildman–Crippen MR) is 99.6 cm³/mol. The van der Waals surface area contributed by atoms with Crippen molar-refractivity contribution in [3.05, 3.63) is 68.8 Å². The van der Waals surface area contributed by atoms with Crippen molar-refractivity contribution >= 4 is 28.7 Å². The molecule has 4 N–H and O–H groups in total. The maximum atomic E-state index is 11.8. The maximum absolute atomic E-state index is 11.8. The van der Waals surface area contributed by atoms with Gasteiger partial charge < -0.3 is 16.0 Å². The molecule has 142 valence electrons. The van der Waals surface area contributed by atoms with Gasteiger partial charge in [-0.2, -0.15) is 0 Å². The number of quaternary nitrogens is 1. The van der Waals surface area contributed by atoms with E-state index in [1.54, 1.807) is 12.1 Å². The zero-order valence-corrected chi connectivity index (χ0v) is 14.5. The van der Waals surface area contributed by atoms with Gasteiger partial charge >= 0.3 is 0 Å². The third kappa shape index (κ3) is 6.71. The van der Waals surface area contributed by atoms with Crippen LogP contribution in [0.3, 0.4) is 0 Å². The number of hydrogen-bond donors (Lipinski definition) is 3. The molecule has 2 aromatic rings. The van der Waals surface area contributed by atoms with Gasteiger partial charge in [0.1, 0.15) is 0 Å². The van der Waals surface area contributed by atoms with Gasteiger partial charge in [0.15, 0.2) is 6.54 Å². The first-order chi connectivity index (χ1) is 13.0. The molecule has 0 heterocycles. The van der Waals surface area contributed by atoms with Crippen molar-refractivity contribution in [1.82, 2.24) is 0 Å². The number of anilines is 2. The van der Waals surface area contributed by atoms with Crippen molar-refractivity contribution in [1.29, 1.82) is 0 Å². The molecule has 0 aliphatic heterocycles. The van der Waals surface area contributed by atoms with E-state index in [0.717, 1.165) is 18.7 Å². The molecule has 2 aromatic carbocycles. The molecule has 0 aliphatic rings. The number of carbonyl (C=O) groups is 1. The lowest BCUT2D eigenvalue weighted by molar-refractivity contribution is -0.643. The number of carbonyl (C=O) groups excluding carboxylic acids is 1. The van der Waals surface area contributed by atoms with E-state index in [4.69, 9.17) is 0 Å². The van der Waals surface area contributed by atoms with E-state index in [1.165, 1.54) is 36.4 Å². The van der Waals surface area contributed by atoms with Gasteiger partial charge in [-0.3, -0.25) is 25.0 Å². The quantitative estimate of drug-likeness (QED) is 0.327. The molecular weight excluding hydrogens is 354 g/mol. The van der Waals surface area contributed by atoms with Gasteiger partial charge in [0, 0.05) is 48.6 Å². The number of nitrogens with one attached hydrogen (secondary N) is 2. The van der Waals surface area contributed by atoms with Crippen LogP contribution in [-0.2, 0) is 4.79 Å². The summed E-state index contributed by atoms with van der Waals surface area (Å²) in [5.74, 6) is -0.188. The second-order valence-electron chi connectivity index (χ2n) is 5.72. The van der Waals surface area contributed by atoms with Crippen molar-refractivity contribution < 1.29 is 20.0 Å². The fraction of sp³-hybridized carbons (Fsp3) is 0.235. The molecule has 0 aromatic heterocycles. The molecule has 0 atom stereocenters. The minimum atomic E-state index is -0.496. The Morgan fingerprint density at radius 3 is 1.93 bits per heavy atom. The van der Waals surface area contributed by atoms with E-state index in [2.05, 4.69) is 10.6 Å². The molecule has 0 saturated heterocycles. The summed E-state index contributed by atoms with van der Waals surface area (Å²) in [6.07, 6.45) is 0.807. The maximum Gasteiger partial charge on any atom is 0.279 e. The van der Waals surface area contributed by atoms with Gasteiger partial charge in [0.2, 0.25) is 0 Å². The minimum absolute atomic E-state index is 0.0277. The Morgan fingerprint density at radius 1 is 0.889 bits per heavy atom. The lowest BCUT2D eigenvalue weighted by atomic mass is 10.3. The molecule has 0 bridgehead atoms. The minimum Gasteiger partial charge on any atom is -0.385 e. The molecule has 0 radical (unpaired) electrons. The van der Waals surface area contributed by atoms with Gasteiger partial charge in [-0.1, -0.05) is 0 Å². The number of rotatable bonds is 10. The smallest absolute Gasteiger partial charge is 0.279 e. The molecule has 0 fully saturated rings. The Balaban J connectivity index is 1.60. The Labute approximate surface area is 154 Å². The SMILES string of the molecule is O=C(C[NH2+]CCCNc1ccc([N+](=O)[O-])cc1)Nc1ccc([N+](=O)[O-])cc1. The fourth-order valence-electron chi connectivity index (χ4n) is 2.29. The lowest BCUT2D eigenvalue weighted by Gasteiger charge is -2.06. The third-order valence-corrected chi connectivity index (χ3v) is 3.68. The van der Waals surface area contributed by atoms with Crippen LogP contribution in [0.15, 0.2) is 48.5 Å². The van der Waals surface area contributed by atoms with Crippen LogP contribution in [0, 0.1) is 20.2 Å². The van der Waals surface area contributed by atoms with Crippen LogP contribution in [0.4, 0.5) is 22.7 Å². The standard InChI is InChI=1S/C17H19N5O5/c23-17(20-14-4-8-16(9-5-14)22(26)27)12-18-10-1-11-19-13-2-6-15(7-3-13)21(24)25/h2-9,18-19H,1,10-12H2,(H,20,23)/p+1. The first-order valence-corrected chi connectivity index (χ1v) is 8.30. The first kappa shape index (κ1) is 19.8. The largest absolute Gasteiger partial charge is 0.385 e. The summed E-state index contributed by atoms with van der Waals surface area (Å²) < 4.78 is 0. The Bertz CT molecular complexity index is 792. The molecule has 0 unspecified atom stereocenters. The van der Waals surface area contributed by atoms with Crippen LogP contribution >= 0.6 is 0 Å². The number of non-ortho nitro benzene ring substituents is 2. The number of nitrogens with zero attached hydrogens (tertiary/aromatic N) is 2. The highest BCUT2D eigenvalue weighted by Crippen LogP contribution is 2.15. The number of nitrogens with two attached hydrogens (primary N) is 1.